The molecule has 0 aliphatic heterocycles. The van der Waals surface area contributed by atoms with Crippen LogP contribution in [0.5, 0.6) is 0 Å². The zero-order valence-corrected chi connectivity index (χ0v) is 6.92. The zero-order valence-electron chi connectivity index (χ0n) is 6.92. The van der Waals surface area contributed by atoms with Crippen LogP contribution in [0.4, 0.5) is 0 Å². The molecule has 0 bridgehead atoms. The third-order valence-electron chi connectivity index (χ3n) is 2.47. The van der Waals surface area contributed by atoms with Gasteiger partial charge in [-0.3, -0.25) is 0 Å². The van der Waals surface area contributed by atoms with Gasteiger partial charge in [0.2, 0.25) is 6.54 Å². The molecule has 2 heteroatoms. The van der Waals surface area contributed by atoms with E-state index in [0.29, 0.717) is 12.6 Å². The monoisotopic (exact) mass is 152 g/mol. The predicted octanol–water partition coefficient (Wildman–Crippen LogP) is 1.81. The Morgan fingerprint density at radius 1 is 1.45 bits per heavy atom. The van der Waals surface area contributed by atoms with Crippen molar-refractivity contribution in [2.75, 3.05) is 6.54 Å². The van der Waals surface area contributed by atoms with Crippen LogP contribution in [0.1, 0.15) is 32.1 Å². The summed E-state index contributed by atoms with van der Waals surface area (Å²) in [7, 11) is 0. The molecule has 0 aromatic carbocycles. The Balaban J connectivity index is 2.18. The summed E-state index contributed by atoms with van der Waals surface area (Å²) in [6.07, 6.45) is 5.97. The van der Waals surface area contributed by atoms with E-state index in [1.54, 1.807) is 0 Å². The lowest BCUT2D eigenvalue weighted by Gasteiger charge is -2.24. The van der Waals surface area contributed by atoms with Crippen LogP contribution >= 0.6 is 0 Å². The van der Waals surface area contributed by atoms with Crippen molar-refractivity contribution in [3.63, 3.8) is 0 Å². The second-order valence-corrected chi connectivity index (χ2v) is 3.46. The summed E-state index contributed by atoms with van der Waals surface area (Å²) in [5, 5.41) is 0. The Hall–Kier alpha value is -0.550. The zero-order chi connectivity index (χ0) is 8.10. The highest BCUT2D eigenvalue weighted by molar-refractivity contribution is 4.77. The molecule has 0 saturated heterocycles. The highest BCUT2D eigenvalue weighted by Crippen LogP contribution is 2.25. The molecule has 11 heavy (non-hydrogen) atoms. The Morgan fingerprint density at radius 2 is 2.27 bits per heavy atom. The normalized spacial score (nSPS) is 31.3. The number of nitrogens with two attached hydrogens (primary N) is 1. The summed E-state index contributed by atoms with van der Waals surface area (Å²) in [5.41, 5.74) is 5.82. The van der Waals surface area contributed by atoms with Gasteiger partial charge in [0.15, 0.2) is 0 Å². The Bertz CT molecular complexity index is 148. The molecule has 2 N–H and O–H groups in total. The van der Waals surface area contributed by atoms with Gasteiger partial charge in [0.05, 0.1) is 0 Å². The molecule has 1 fully saturated rings. The van der Waals surface area contributed by atoms with Crippen molar-refractivity contribution in [2.24, 2.45) is 11.7 Å². The van der Waals surface area contributed by atoms with Crippen LogP contribution in [0, 0.1) is 12.5 Å². The molecule has 1 aliphatic rings. The first-order valence-electron chi connectivity index (χ1n) is 4.41. The SMILES string of the molecule is [C-]#[N+]CCC1CCCC(N)C1. The molecule has 2 nitrogen and oxygen atoms in total. The number of hydrogen-bond donors (Lipinski definition) is 1. The summed E-state index contributed by atoms with van der Waals surface area (Å²) in [6.45, 7) is 7.36. The minimum Gasteiger partial charge on any atom is -0.328 e. The van der Waals surface area contributed by atoms with Gasteiger partial charge >= 0.3 is 0 Å². The van der Waals surface area contributed by atoms with Crippen molar-refractivity contribution >= 4 is 0 Å². The topological polar surface area (TPSA) is 30.4 Å². The van der Waals surface area contributed by atoms with Crippen LogP contribution in [0.15, 0.2) is 0 Å². The van der Waals surface area contributed by atoms with Crippen molar-refractivity contribution in [3.8, 4) is 0 Å². The number of nitrogens with zero attached hydrogens (tertiary/aromatic N) is 1. The summed E-state index contributed by atoms with van der Waals surface area (Å²) in [5.74, 6) is 0.743. The summed E-state index contributed by atoms with van der Waals surface area (Å²) in [4.78, 5) is 3.36. The second kappa shape index (κ2) is 4.35. The van der Waals surface area contributed by atoms with Crippen molar-refractivity contribution in [1.82, 2.24) is 0 Å². The maximum atomic E-state index is 6.67. The van der Waals surface area contributed by atoms with Gasteiger partial charge < -0.3 is 10.6 Å². The molecule has 1 rings (SSSR count). The quantitative estimate of drug-likeness (QED) is 0.601. The molecule has 62 valence electrons. The third kappa shape index (κ3) is 2.90. The highest BCUT2D eigenvalue weighted by atomic mass is 14.6. The van der Waals surface area contributed by atoms with E-state index in [1.807, 2.05) is 0 Å². The molecule has 0 aromatic heterocycles. The van der Waals surface area contributed by atoms with Gasteiger partial charge in [0.1, 0.15) is 0 Å². The van der Waals surface area contributed by atoms with Crippen molar-refractivity contribution in [1.29, 1.82) is 0 Å². The molecule has 2 atom stereocenters. The van der Waals surface area contributed by atoms with Gasteiger partial charge in [-0.25, -0.2) is 6.57 Å². The van der Waals surface area contributed by atoms with Crippen LogP contribution in [-0.2, 0) is 0 Å². The number of rotatable bonds is 2. The second-order valence-electron chi connectivity index (χ2n) is 3.46. The summed E-state index contributed by atoms with van der Waals surface area (Å²) < 4.78 is 0. The average Bonchev–Trinajstić information content (AvgIpc) is 2.01. The molecule has 2 unspecified atom stereocenters. The first-order chi connectivity index (χ1) is 5.33. The maximum Gasteiger partial charge on any atom is 0.214 e. The number of hydrogen-bond acceptors (Lipinski definition) is 1. The predicted molar refractivity (Wildman–Crippen MR) is 46.0 cm³/mol. The van der Waals surface area contributed by atoms with Gasteiger partial charge in [-0.05, 0) is 18.8 Å². The smallest absolute Gasteiger partial charge is 0.214 e. The van der Waals surface area contributed by atoms with Crippen LogP contribution in [0.2, 0.25) is 0 Å². The van der Waals surface area contributed by atoms with Gasteiger partial charge in [-0.2, -0.15) is 0 Å². The van der Waals surface area contributed by atoms with Gasteiger partial charge in [-0.15, -0.1) is 0 Å². The fourth-order valence-electron chi connectivity index (χ4n) is 1.84. The van der Waals surface area contributed by atoms with Crippen molar-refractivity contribution < 1.29 is 0 Å². The standard InChI is InChI=1S/C9H16N2/c1-11-6-5-8-3-2-4-9(10)7-8/h8-9H,2-7,10H2. The molecule has 0 spiro atoms. The Labute approximate surface area is 68.6 Å². The van der Waals surface area contributed by atoms with Crippen LogP contribution < -0.4 is 5.73 Å². The van der Waals surface area contributed by atoms with E-state index in [1.165, 1.54) is 19.3 Å². The minimum atomic E-state index is 0.416. The van der Waals surface area contributed by atoms with Gasteiger partial charge in [0.25, 0.3) is 0 Å². The summed E-state index contributed by atoms with van der Waals surface area (Å²) in [6, 6.07) is 0.416. The van der Waals surface area contributed by atoms with E-state index < -0.39 is 0 Å². The molecule has 0 radical (unpaired) electrons. The Kier molecular flexibility index (Phi) is 3.38. The van der Waals surface area contributed by atoms with E-state index in [9.17, 15) is 0 Å². The van der Waals surface area contributed by atoms with E-state index >= 15 is 0 Å². The van der Waals surface area contributed by atoms with E-state index in [-0.39, 0.29) is 0 Å². The highest BCUT2D eigenvalue weighted by Gasteiger charge is 2.19. The largest absolute Gasteiger partial charge is 0.328 e. The molecule has 0 aromatic rings. The molecule has 0 heterocycles. The van der Waals surface area contributed by atoms with Crippen LogP contribution in [0.3, 0.4) is 0 Å². The van der Waals surface area contributed by atoms with Crippen molar-refractivity contribution in [2.45, 2.75) is 38.1 Å². The maximum absolute atomic E-state index is 6.67. The lowest BCUT2D eigenvalue weighted by Crippen LogP contribution is -2.27. The first-order valence-corrected chi connectivity index (χ1v) is 4.41. The fraction of sp³-hybridized carbons (Fsp3) is 0.889. The van der Waals surface area contributed by atoms with Gasteiger partial charge in [0, 0.05) is 12.5 Å². The van der Waals surface area contributed by atoms with Gasteiger partial charge in [-0.1, -0.05) is 12.8 Å². The fourth-order valence-corrected chi connectivity index (χ4v) is 1.84. The molecule has 0 amide bonds. The van der Waals surface area contributed by atoms with Crippen LogP contribution in [0.25, 0.3) is 4.85 Å². The molecular formula is C9H16N2. The molecule has 1 saturated carbocycles. The minimum absolute atomic E-state index is 0.416. The first kappa shape index (κ1) is 8.55. The lowest BCUT2D eigenvalue weighted by molar-refractivity contribution is 0.313. The van der Waals surface area contributed by atoms with E-state index in [4.69, 9.17) is 12.3 Å². The third-order valence-corrected chi connectivity index (χ3v) is 2.47. The van der Waals surface area contributed by atoms with Crippen molar-refractivity contribution in [3.05, 3.63) is 11.4 Å². The Morgan fingerprint density at radius 3 is 2.91 bits per heavy atom. The average molecular weight is 152 g/mol. The molecular weight excluding hydrogens is 136 g/mol. The van der Waals surface area contributed by atoms with E-state index in [2.05, 4.69) is 4.85 Å². The van der Waals surface area contributed by atoms with E-state index in [0.717, 1.165) is 18.8 Å². The lowest BCUT2D eigenvalue weighted by atomic mass is 9.84. The molecule has 1 aliphatic carbocycles. The summed E-state index contributed by atoms with van der Waals surface area (Å²) >= 11 is 0. The van der Waals surface area contributed by atoms with Crippen LogP contribution in [-0.4, -0.2) is 12.6 Å².